The van der Waals surface area contributed by atoms with Crippen molar-refractivity contribution in [3.63, 3.8) is 0 Å². The number of urea groups is 1. The van der Waals surface area contributed by atoms with Crippen molar-refractivity contribution in [1.29, 1.82) is 0 Å². The minimum absolute atomic E-state index is 0.468. The van der Waals surface area contributed by atoms with E-state index in [0.29, 0.717) is 15.9 Å². The number of methoxy groups -OCH3 is 1. The summed E-state index contributed by atoms with van der Waals surface area (Å²) < 4.78 is 6.47. The van der Waals surface area contributed by atoms with Gasteiger partial charge in [0.25, 0.3) is 0 Å². The van der Waals surface area contributed by atoms with Crippen LogP contribution in [0.25, 0.3) is 0 Å². The number of hydrogen-bond acceptors (Lipinski definition) is 3. The zero-order valence-electron chi connectivity index (χ0n) is 10.2. The molecule has 0 unspecified atom stereocenters. The first-order valence-corrected chi connectivity index (χ1v) is 6.77. The Morgan fingerprint density at radius 1 is 1.32 bits per heavy atom. The van der Waals surface area contributed by atoms with E-state index in [2.05, 4.69) is 42.5 Å². The molecule has 0 saturated carbocycles. The summed E-state index contributed by atoms with van der Waals surface area (Å²) in [4.78, 5) is 22.2. The third-order valence-corrected chi connectivity index (χ3v) is 3.48. The Morgan fingerprint density at radius 2 is 1.95 bits per heavy atom. The molecule has 0 heterocycles. The number of carboxylic acid groups (broad SMARTS) is 1. The second kappa shape index (κ2) is 6.76. The average Bonchev–Trinajstić information content (AvgIpc) is 2.32. The van der Waals surface area contributed by atoms with Crippen LogP contribution in [0.1, 0.15) is 6.92 Å². The van der Waals surface area contributed by atoms with E-state index in [9.17, 15) is 9.59 Å². The van der Waals surface area contributed by atoms with Crippen LogP contribution in [0.15, 0.2) is 21.1 Å². The number of benzene rings is 1. The maximum absolute atomic E-state index is 11.6. The van der Waals surface area contributed by atoms with Crippen molar-refractivity contribution in [2.45, 2.75) is 13.0 Å². The molecule has 1 rings (SSSR count). The monoisotopic (exact) mass is 394 g/mol. The molecular formula is C11H12Br2N2O4. The van der Waals surface area contributed by atoms with Crippen LogP contribution in [0.2, 0.25) is 0 Å². The number of halogens is 2. The summed E-state index contributed by atoms with van der Waals surface area (Å²) in [5, 5.41) is 13.5. The van der Waals surface area contributed by atoms with Gasteiger partial charge >= 0.3 is 12.0 Å². The highest BCUT2D eigenvalue weighted by atomic mass is 79.9. The maximum Gasteiger partial charge on any atom is 0.325 e. The van der Waals surface area contributed by atoms with Crippen molar-refractivity contribution >= 4 is 49.5 Å². The Labute approximate surface area is 126 Å². The fourth-order valence-electron chi connectivity index (χ4n) is 1.20. The second-order valence-electron chi connectivity index (χ2n) is 3.62. The lowest BCUT2D eigenvalue weighted by molar-refractivity contribution is -0.138. The molecule has 0 saturated heterocycles. The van der Waals surface area contributed by atoms with Crippen molar-refractivity contribution in [1.82, 2.24) is 5.32 Å². The highest BCUT2D eigenvalue weighted by Gasteiger charge is 2.15. The first kappa shape index (κ1) is 15.8. The van der Waals surface area contributed by atoms with E-state index in [1.54, 1.807) is 12.1 Å². The fraction of sp³-hybridized carbons (Fsp3) is 0.273. The van der Waals surface area contributed by atoms with E-state index < -0.39 is 18.0 Å². The maximum atomic E-state index is 11.6. The molecule has 0 spiro atoms. The largest absolute Gasteiger partial charge is 0.495 e. The van der Waals surface area contributed by atoms with Crippen LogP contribution in [-0.4, -0.2) is 30.3 Å². The van der Waals surface area contributed by atoms with E-state index in [-0.39, 0.29) is 0 Å². The quantitative estimate of drug-likeness (QED) is 0.731. The molecule has 0 aromatic heterocycles. The predicted octanol–water partition coefficient (Wildman–Crippen LogP) is 2.81. The molecule has 8 heteroatoms. The summed E-state index contributed by atoms with van der Waals surface area (Å²) in [5.74, 6) is -0.563. The molecule has 2 amide bonds. The molecule has 0 fully saturated rings. The highest BCUT2D eigenvalue weighted by molar-refractivity contribution is 9.11. The number of nitrogens with one attached hydrogen (secondary N) is 2. The number of ether oxygens (including phenoxy) is 1. The van der Waals surface area contributed by atoms with Gasteiger partial charge in [0.1, 0.15) is 11.8 Å². The Hall–Kier alpha value is -1.28. The molecule has 1 aromatic carbocycles. The first-order valence-electron chi connectivity index (χ1n) is 5.18. The molecule has 0 radical (unpaired) electrons. The Bertz CT molecular complexity index is 508. The van der Waals surface area contributed by atoms with E-state index in [1.165, 1.54) is 14.0 Å². The molecule has 104 valence electrons. The van der Waals surface area contributed by atoms with E-state index >= 15 is 0 Å². The van der Waals surface area contributed by atoms with Gasteiger partial charge in [-0.1, -0.05) is 0 Å². The van der Waals surface area contributed by atoms with Crippen molar-refractivity contribution in [2.75, 3.05) is 12.4 Å². The van der Waals surface area contributed by atoms with Gasteiger partial charge in [-0.05, 0) is 44.8 Å². The SMILES string of the molecule is COc1cc(NC(=O)N[C@@H](C)C(=O)O)c(Br)cc1Br. The van der Waals surface area contributed by atoms with Crippen LogP contribution in [0, 0.1) is 0 Å². The normalized spacial score (nSPS) is 11.6. The molecule has 0 aliphatic heterocycles. The number of hydrogen-bond donors (Lipinski definition) is 3. The Kier molecular flexibility index (Phi) is 5.61. The minimum atomic E-state index is -1.11. The smallest absolute Gasteiger partial charge is 0.325 e. The number of carboxylic acids is 1. The Morgan fingerprint density at radius 3 is 2.47 bits per heavy atom. The second-order valence-corrected chi connectivity index (χ2v) is 5.33. The molecule has 3 N–H and O–H groups in total. The molecule has 1 aromatic rings. The number of rotatable bonds is 4. The zero-order valence-corrected chi connectivity index (χ0v) is 13.3. The van der Waals surface area contributed by atoms with Crippen LogP contribution in [-0.2, 0) is 4.79 Å². The van der Waals surface area contributed by atoms with Gasteiger partial charge in [0, 0.05) is 10.5 Å². The molecule has 0 bridgehead atoms. The van der Waals surface area contributed by atoms with E-state index in [4.69, 9.17) is 9.84 Å². The summed E-state index contributed by atoms with van der Waals surface area (Å²) in [6.07, 6.45) is 0. The number of aliphatic carboxylic acids is 1. The minimum Gasteiger partial charge on any atom is -0.495 e. The first-order chi connectivity index (χ1) is 8.85. The van der Waals surface area contributed by atoms with Gasteiger partial charge in [0.2, 0.25) is 0 Å². The van der Waals surface area contributed by atoms with Gasteiger partial charge in [-0.2, -0.15) is 0 Å². The molecule has 0 aliphatic carbocycles. The fourth-order valence-corrected chi connectivity index (χ4v) is 2.45. The van der Waals surface area contributed by atoms with Gasteiger partial charge in [-0.3, -0.25) is 4.79 Å². The highest BCUT2D eigenvalue weighted by Crippen LogP contribution is 2.34. The van der Waals surface area contributed by atoms with Gasteiger partial charge in [-0.25, -0.2) is 4.79 Å². The van der Waals surface area contributed by atoms with Gasteiger partial charge < -0.3 is 20.5 Å². The van der Waals surface area contributed by atoms with Crippen molar-refractivity contribution in [2.24, 2.45) is 0 Å². The number of carbonyl (C=O) groups is 2. The summed E-state index contributed by atoms with van der Waals surface area (Å²) in [6, 6.07) is 1.74. The molecule has 1 atom stereocenters. The number of anilines is 1. The predicted molar refractivity (Wildman–Crippen MR) is 77.6 cm³/mol. The molecule has 19 heavy (non-hydrogen) atoms. The van der Waals surface area contributed by atoms with Crippen LogP contribution < -0.4 is 15.4 Å². The van der Waals surface area contributed by atoms with Gasteiger partial charge in [-0.15, -0.1) is 0 Å². The average molecular weight is 396 g/mol. The van der Waals surface area contributed by atoms with E-state index in [0.717, 1.165) is 4.47 Å². The zero-order chi connectivity index (χ0) is 14.6. The van der Waals surface area contributed by atoms with Crippen LogP contribution >= 0.6 is 31.9 Å². The molecular weight excluding hydrogens is 384 g/mol. The number of carbonyl (C=O) groups excluding carboxylic acids is 1. The lowest BCUT2D eigenvalue weighted by atomic mass is 10.3. The topological polar surface area (TPSA) is 87.7 Å². The van der Waals surface area contributed by atoms with Crippen molar-refractivity contribution in [3.05, 3.63) is 21.1 Å². The lowest BCUT2D eigenvalue weighted by Crippen LogP contribution is -2.40. The Balaban J connectivity index is 2.82. The lowest BCUT2D eigenvalue weighted by Gasteiger charge is -2.13. The summed E-state index contributed by atoms with van der Waals surface area (Å²) in [5.41, 5.74) is 0.468. The van der Waals surface area contributed by atoms with Crippen LogP contribution in [0.5, 0.6) is 5.75 Å². The summed E-state index contributed by atoms with van der Waals surface area (Å²) in [7, 11) is 1.50. The molecule has 6 nitrogen and oxygen atoms in total. The summed E-state index contributed by atoms with van der Waals surface area (Å²) >= 11 is 6.60. The summed E-state index contributed by atoms with van der Waals surface area (Å²) in [6.45, 7) is 1.37. The van der Waals surface area contributed by atoms with Crippen molar-refractivity contribution < 1.29 is 19.4 Å². The van der Waals surface area contributed by atoms with Gasteiger partial charge in [0.05, 0.1) is 17.3 Å². The standard InChI is InChI=1S/C11H12Br2N2O4/c1-5(10(16)17)14-11(18)15-8-4-9(19-2)7(13)3-6(8)12/h3-5H,1-2H3,(H,16,17)(H2,14,15,18)/t5-/m0/s1. The van der Waals surface area contributed by atoms with Crippen LogP contribution in [0.4, 0.5) is 10.5 Å². The third-order valence-electron chi connectivity index (χ3n) is 2.21. The number of amides is 2. The van der Waals surface area contributed by atoms with E-state index in [1.807, 2.05) is 0 Å². The van der Waals surface area contributed by atoms with Crippen LogP contribution in [0.3, 0.4) is 0 Å². The van der Waals surface area contributed by atoms with Gasteiger partial charge in [0.15, 0.2) is 0 Å². The molecule has 0 aliphatic rings. The van der Waals surface area contributed by atoms with Crippen molar-refractivity contribution in [3.8, 4) is 5.75 Å². The third kappa shape index (κ3) is 4.39.